The summed E-state index contributed by atoms with van der Waals surface area (Å²) in [6, 6.07) is 13.4. The average Bonchev–Trinajstić information content (AvgIpc) is 2.98. The number of aryl methyl sites for hydroxylation is 1. The van der Waals surface area contributed by atoms with Crippen molar-refractivity contribution in [3.63, 3.8) is 0 Å². The number of nitrogens with zero attached hydrogens (tertiary/aromatic N) is 2. The topological polar surface area (TPSA) is 53.1 Å². The Morgan fingerprint density at radius 1 is 1.16 bits per heavy atom. The number of nitrogens with two attached hydrogens (primary N) is 1. The van der Waals surface area contributed by atoms with Gasteiger partial charge >= 0.3 is 0 Å². The molecule has 0 aliphatic carbocycles. The van der Waals surface area contributed by atoms with E-state index in [-0.39, 0.29) is 6.10 Å². The van der Waals surface area contributed by atoms with Crippen LogP contribution >= 0.6 is 23.2 Å². The van der Waals surface area contributed by atoms with E-state index in [1.165, 1.54) is 0 Å². The van der Waals surface area contributed by atoms with Gasteiger partial charge in [-0.15, -0.1) is 0 Å². The van der Waals surface area contributed by atoms with Gasteiger partial charge in [-0.2, -0.15) is 5.10 Å². The highest BCUT2D eigenvalue weighted by Crippen LogP contribution is 2.38. The summed E-state index contributed by atoms with van der Waals surface area (Å²) in [4.78, 5) is 0. The van der Waals surface area contributed by atoms with Crippen LogP contribution in [0.4, 0.5) is 0 Å². The second-order valence-electron chi connectivity index (χ2n) is 5.71. The molecule has 0 bridgehead atoms. The van der Waals surface area contributed by atoms with Gasteiger partial charge in [-0.1, -0.05) is 47.5 Å². The van der Waals surface area contributed by atoms with Crippen LogP contribution in [-0.2, 0) is 18.3 Å². The van der Waals surface area contributed by atoms with Crippen molar-refractivity contribution in [2.45, 2.75) is 12.6 Å². The Labute approximate surface area is 157 Å². The number of hydrogen-bond donors (Lipinski definition) is 1. The van der Waals surface area contributed by atoms with E-state index in [1.807, 2.05) is 54.2 Å². The fourth-order valence-corrected chi connectivity index (χ4v) is 3.47. The molecule has 0 radical (unpaired) electrons. The fraction of sp³-hybridized carbons (Fsp3) is 0.211. The molecule has 0 saturated heterocycles. The van der Waals surface area contributed by atoms with Gasteiger partial charge in [0.25, 0.3) is 0 Å². The summed E-state index contributed by atoms with van der Waals surface area (Å²) in [5.41, 5.74) is 10.6. The van der Waals surface area contributed by atoms with E-state index >= 15 is 0 Å². The van der Waals surface area contributed by atoms with Crippen molar-refractivity contribution in [1.29, 1.82) is 0 Å². The highest BCUT2D eigenvalue weighted by molar-refractivity contribution is 6.31. The maximum atomic E-state index is 6.40. The van der Waals surface area contributed by atoms with Gasteiger partial charge in [-0.05, 0) is 23.8 Å². The maximum Gasteiger partial charge on any atom is 0.109 e. The van der Waals surface area contributed by atoms with Crippen molar-refractivity contribution in [3.05, 3.63) is 75.4 Å². The van der Waals surface area contributed by atoms with Gasteiger partial charge in [0.2, 0.25) is 0 Å². The summed E-state index contributed by atoms with van der Waals surface area (Å²) in [6.07, 6.45) is 1.42. The lowest BCUT2D eigenvalue weighted by Gasteiger charge is -2.22. The third kappa shape index (κ3) is 3.44. The largest absolute Gasteiger partial charge is 0.372 e. The molecular formula is C19H19Cl2N3O. The number of ether oxygens (including phenoxy) is 1. The van der Waals surface area contributed by atoms with Crippen LogP contribution < -0.4 is 5.73 Å². The van der Waals surface area contributed by atoms with Gasteiger partial charge in [0.15, 0.2) is 0 Å². The molecule has 2 N–H and O–H groups in total. The van der Waals surface area contributed by atoms with Gasteiger partial charge in [-0.25, -0.2) is 0 Å². The van der Waals surface area contributed by atoms with Crippen molar-refractivity contribution in [2.24, 2.45) is 12.8 Å². The van der Waals surface area contributed by atoms with Crippen molar-refractivity contribution in [1.82, 2.24) is 9.78 Å². The Morgan fingerprint density at radius 3 is 2.60 bits per heavy atom. The molecule has 0 aliphatic rings. The van der Waals surface area contributed by atoms with Crippen LogP contribution in [0, 0.1) is 0 Å². The average molecular weight is 376 g/mol. The van der Waals surface area contributed by atoms with E-state index in [9.17, 15) is 0 Å². The molecule has 1 aromatic heterocycles. The molecule has 0 spiro atoms. The van der Waals surface area contributed by atoms with Crippen LogP contribution in [-0.4, -0.2) is 16.9 Å². The van der Waals surface area contributed by atoms with Crippen LogP contribution in [0.15, 0.2) is 48.7 Å². The van der Waals surface area contributed by atoms with Gasteiger partial charge in [0.1, 0.15) is 6.10 Å². The molecule has 1 heterocycles. The molecule has 25 heavy (non-hydrogen) atoms. The minimum absolute atomic E-state index is 0.358. The Bertz CT molecular complexity index is 892. The van der Waals surface area contributed by atoms with Gasteiger partial charge in [0.05, 0.1) is 11.9 Å². The fourth-order valence-electron chi connectivity index (χ4n) is 3.06. The predicted molar refractivity (Wildman–Crippen MR) is 102 cm³/mol. The smallest absolute Gasteiger partial charge is 0.109 e. The predicted octanol–water partition coefficient (Wildman–Crippen LogP) is 4.59. The third-order valence-electron chi connectivity index (χ3n) is 4.21. The summed E-state index contributed by atoms with van der Waals surface area (Å²) in [5, 5.41) is 5.61. The minimum atomic E-state index is -0.358. The monoisotopic (exact) mass is 375 g/mol. The molecule has 3 aromatic rings. The van der Waals surface area contributed by atoms with Crippen LogP contribution in [0.5, 0.6) is 0 Å². The maximum absolute atomic E-state index is 6.40. The van der Waals surface area contributed by atoms with E-state index < -0.39 is 0 Å². The van der Waals surface area contributed by atoms with Crippen LogP contribution in [0.3, 0.4) is 0 Å². The Balaban J connectivity index is 2.23. The zero-order valence-electron chi connectivity index (χ0n) is 14.0. The van der Waals surface area contributed by atoms with Crippen LogP contribution in [0.1, 0.15) is 22.8 Å². The number of aromatic nitrogens is 2. The number of halogens is 2. The molecule has 1 unspecified atom stereocenters. The first kappa shape index (κ1) is 18.0. The molecule has 6 heteroatoms. The summed E-state index contributed by atoms with van der Waals surface area (Å²) in [7, 11) is 3.55. The Morgan fingerprint density at radius 2 is 1.92 bits per heavy atom. The zero-order valence-corrected chi connectivity index (χ0v) is 15.6. The number of rotatable bonds is 5. The molecule has 4 nitrogen and oxygen atoms in total. The summed E-state index contributed by atoms with van der Waals surface area (Å²) >= 11 is 12.7. The molecule has 0 fully saturated rings. The quantitative estimate of drug-likeness (QED) is 0.709. The Hall–Kier alpha value is -1.85. The van der Waals surface area contributed by atoms with Crippen molar-refractivity contribution in [2.75, 3.05) is 7.11 Å². The van der Waals surface area contributed by atoms with E-state index in [0.29, 0.717) is 16.6 Å². The molecule has 2 aromatic carbocycles. The lowest BCUT2D eigenvalue weighted by molar-refractivity contribution is 0.137. The Kier molecular flexibility index (Phi) is 5.45. The van der Waals surface area contributed by atoms with E-state index in [1.54, 1.807) is 13.3 Å². The van der Waals surface area contributed by atoms with Crippen LogP contribution in [0.2, 0.25) is 10.0 Å². The zero-order chi connectivity index (χ0) is 18.0. The molecule has 3 rings (SSSR count). The highest BCUT2D eigenvalue weighted by Gasteiger charge is 2.23. The number of methoxy groups -OCH3 is 1. The van der Waals surface area contributed by atoms with Crippen molar-refractivity contribution < 1.29 is 4.74 Å². The second-order valence-corrected chi connectivity index (χ2v) is 6.56. The molecule has 1 atom stereocenters. The van der Waals surface area contributed by atoms with Gasteiger partial charge < -0.3 is 10.5 Å². The molecular weight excluding hydrogens is 357 g/mol. The summed E-state index contributed by atoms with van der Waals surface area (Å²) in [5.74, 6) is 0. The third-order valence-corrected chi connectivity index (χ3v) is 4.79. The first-order chi connectivity index (χ1) is 12.1. The molecule has 0 saturated carbocycles. The lowest BCUT2D eigenvalue weighted by atomic mass is 9.93. The van der Waals surface area contributed by atoms with Crippen molar-refractivity contribution in [3.8, 4) is 11.3 Å². The normalized spacial score (nSPS) is 12.4. The highest BCUT2D eigenvalue weighted by atomic mass is 35.5. The molecule has 130 valence electrons. The van der Waals surface area contributed by atoms with Crippen molar-refractivity contribution >= 4 is 23.2 Å². The second kappa shape index (κ2) is 7.58. The summed E-state index contributed by atoms with van der Waals surface area (Å²) < 4.78 is 7.62. The number of hydrogen-bond acceptors (Lipinski definition) is 3. The first-order valence-electron chi connectivity index (χ1n) is 7.84. The van der Waals surface area contributed by atoms with E-state index in [4.69, 9.17) is 33.7 Å². The van der Waals surface area contributed by atoms with Crippen LogP contribution in [0.25, 0.3) is 11.3 Å². The van der Waals surface area contributed by atoms with E-state index in [2.05, 4.69) is 5.10 Å². The number of benzene rings is 2. The van der Waals surface area contributed by atoms with Gasteiger partial charge in [0, 0.05) is 47.4 Å². The minimum Gasteiger partial charge on any atom is -0.372 e. The molecule has 0 aliphatic heterocycles. The SMILES string of the molecule is COC(c1ccccc1Cl)c1cc(Cl)ccc1-c1c(CN)cnn1C. The first-order valence-corrected chi connectivity index (χ1v) is 8.60. The summed E-state index contributed by atoms with van der Waals surface area (Å²) in [6.45, 7) is 0.398. The standard InChI is InChI=1S/C19H19Cl2N3O/c1-24-18(12(10-22)11-23-24)14-8-7-13(20)9-16(14)19(25-2)15-5-3-4-6-17(15)21/h3-9,11,19H,10,22H2,1-2H3. The van der Waals surface area contributed by atoms with Gasteiger partial charge in [-0.3, -0.25) is 4.68 Å². The lowest BCUT2D eigenvalue weighted by Crippen LogP contribution is -2.09. The van der Waals surface area contributed by atoms with E-state index in [0.717, 1.165) is 27.9 Å². The molecule has 0 amide bonds.